The molecular formula is C13H12N4O5. The van der Waals surface area contributed by atoms with Crippen LogP contribution in [0.4, 0.5) is 5.69 Å². The molecule has 2 rings (SSSR count). The Kier molecular flexibility index (Phi) is 4.28. The number of carbonyl (C=O) groups excluding carboxylic acids is 1. The Morgan fingerprint density at radius 2 is 2.09 bits per heavy atom. The Bertz CT molecular complexity index is 696. The molecule has 1 aromatic carbocycles. The summed E-state index contributed by atoms with van der Waals surface area (Å²) >= 11 is 0. The maximum Gasteiger partial charge on any atom is 0.337 e. The molecule has 1 unspecified atom stereocenters. The van der Waals surface area contributed by atoms with Gasteiger partial charge in [0, 0.05) is 24.4 Å². The van der Waals surface area contributed by atoms with Crippen molar-refractivity contribution in [1.29, 1.82) is 0 Å². The molecule has 1 heterocycles. The number of rotatable bonds is 5. The lowest BCUT2D eigenvalue weighted by Gasteiger charge is -2.19. The number of carboxylic acids is 2. The number of benzene rings is 1. The van der Waals surface area contributed by atoms with Gasteiger partial charge in [-0.25, -0.2) is 9.59 Å². The van der Waals surface area contributed by atoms with Crippen LogP contribution in [-0.4, -0.2) is 41.1 Å². The molecule has 1 saturated heterocycles. The first-order valence-corrected chi connectivity index (χ1v) is 6.36. The van der Waals surface area contributed by atoms with Crippen LogP contribution in [0.2, 0.25) is 0 Å². The SMILES string of the molecule is [N-]=[N+]=NCC1CC(=O)N(c2cc(C(=O)O)ccc2C(=O)O)C1. The molecule has 1 atom stereocenters. The summed E-state index contributed by atoms with van der Waals surface area (Å²) in [5, 5.41) is 21.6. The summed E-state index contributed by atoms with van der Waals surface area (Å²) in [4.78, 5) is 38.2. The highest BCUT2D eigenvalue weighted by Crippen LogP contribution is 2.29. The first-order chi connectivity index (χ1) is 10.4. The van der Waals surface area contributed by atoms with E-state index < -0.39 is 11.9 Å². The second-order valence-electron chi connectivity index (χ2n) is 4.83. The number of nitrogens with zero attached hydrogens (tertiary/aromatic N) is 4. The largest absolute Gasteiger partial charge is 0.478 e. The van der Waals surface area contributed by atoms with Crippen molar-refractivity contribution in [2.75, 3.05) is 18.0 Å². The van der Waals surface area contributed by atoms with E-state index in [1.165, 1.54) is 17.0 Å². The third kappa shape index (κ3) is 2.99. The zero-order valence-electron chi connectivity index (χ0n) is 11.3. The van der Waals surface area contributed by atoms with Crippen molar-refractivity contribution in [3.63, 3.8) is 0 Å². The normalized spacial score (nSPS) is 17.2. The fourth-order valence-electron chi connectivity index (χ4n) is 2.36. The summed E-state index contributed by atoms with van der Waals surface area (Å²) in [6.45, 7) is 0.307. The third-order valence-corrected chi connectivity index (χ3v) is 3.37. The number of amides is 1. The molecule has 0 aromatic heterocycles. The van der Waals surface area contributed by atoms with Gasteiger partial charge in [0.2, 0.25) is 5.91 Å². The van der Waals surface area contributed by atoms with Gasteiger partial charge in [0.25, 0.3) is 0 Å². The number of carbonyl (C=O) groups is 3. The summed E-state index contributed by atoms with van der Waals surface area (Å²) in [6, 6.07) is 3.50. The van der Waals surface area contributed by atoms with E-state index in [4.69, 9.17) is 10.6 Å². The Balaban J connectivity index is 2.39. The molecule has 1 amide bonds. The fraction of sp³-hybridized carbons (Fsp3) is 0.308. The van der Waals surface area contributed by atoms with Crippen molar-refractivity contribution in [1.82, 2.24) is 0 Å². The lowest BCUT2D eigenvalue weighted by molar-refractivity contribution is -0.117. The number of carboxylic acid groups (broad SMARTS) is 2. The van der Waals surface area contributed by atoms with E-state index in [0.717, 1.165) is 6.07 Å². The Labute approximate surface area is 124 Å². The van der Waals surface area contributed by atoms with Gasteiger partial charge in [0.05, 0.1) is 16.8 Å². The zero-order chi connectivity index (χ0) is 16.3. The number of azide groups is 1. The minimum atomic E-state index is -1.25. The highest BCUT2D eigenvalue weighted by molar-refractivity contribution is 6.04. The van der Waals surface area contributed by atoms with Crippen LogP contribution < -0.4 is 4.90 Å². The van der Waals surface area contributed by atoms with Crippen molar-refractivity contribution in [3.8, 4) is 0 Å². The molecule has 1 aliphatic heterocycles. The van der Waals surface area contributed by atoms with Gasteiger partial charge >= 0.3 is 11.9 Å². The van der Waals surface area contributed by atoms with Gasteiger partial charge in [0.15, 0.2) is 0 Å². The average molecular weight is 304 g/mol. The number of hydrogen-bond acceptors (Lipinski definition) is 4. The van der Waals surface area contributed by atoms with E-state index >= 15 is 0 Å². The van der Waals surface area contributed by atoms with Crippen LogP contribution in [0, 0.1) is 5.92 Å². The summed E-state index contributed by atoms with van der Waals surface area (Å²) in [5.74, 6) is -3.02. The molecule has 1 aliphatic rings. The first kappa shape index (κ1) is 15.3. The fourth-order valence-corrected chi connectivity index (χ4v) is 2.36. The molecular weight excluding hydrogens is 292 g/mol. The molecule has 9 heteroatoms. The topological polar surface area (TPSA) is 144 Å². The molecule has 0 aliphatic carbocycles. The van der Waals surface area contributed by atoms with Crippen LogP contribution in [0.5, 0.6) is 0 Å². The van der Waals surface area contributed by atoms with Gasteiger partial charge in [0.1, 0.15) is 0 Å². The number of anilines is 1. The van der Waals surface area contributed by atoms with E-state index in [2.05, 4.69) is 10.0 Å². The van der Waals surface area contributed by atoms with Crippen molar-refractivity contribution in [3.05, 3.63) is 39.8 Å². The predicted octanol–water partition coefficient (Wildman–Crippen LogP) is 1.75. The second kappa shape index (κ2) is 6.15. The summed E-state index contributed by atoms with van der Waals surface area (Å²) < 4.78 is 0. The number of hydrogen-bond donors (Lipinski definition) is 2. The first-order valence-electron chi connectivity index (χ1n) is 6.36. The zero-order valence-corrected chi connectivity index (χ0v) is 11.3. The highest BCUT2D eigenvalue weighted by Gasteiger charge is 2.32. The monoisotopic (exact) mass is 304 g/mol. The molecule has 22 heavy (non-hydrogen) atoms. The third-order valence-electron chi connectivity index (χ3n) is 3.37. The smallest absolute Gasteiger partial charge is 0.337 e. The van der Waals surface area contributed by atoms with Crippen LogP contribution in [0.25, 0.3) is 10.4 Å². The summed E-state index contributed by atoms with van der Waals surface area (Å²) in [6.07, 6.45) is 0.120. The molecule has 1 fully saturated rings. The van der Waals surface area contributed by atoms with Crippen LogP contribution >= 0.6 is 0 Å². The molecule has 0 bridgehead atoms. The van der Waals surface area contributed by atoms with E-state index in [1.807, 2.05) is 0 Å². The molecule has 0 saturated carbocycles. The minimum absolute atomic E-state index is 0.0424. The van der Waals surface area contributed by atoms with Crippen molar-refractivity contribution >= 4 is 23.5 Å². The van der Waals surface area contributed by atoms with Crippen molar-refractivity contribution < 1.29 is 24.6 Å². The van der Waals surface area contributed by atoms with Crippen LogP contribution in [0.1, 0.15) is 27.1 Å². The number of aromatic carboxylic acids is 2. The van der Waals surface area contributed by atoms with Gasteiger partial charge < -0.3 is 15.1 Å². The molecule has 114 valence electrons. The standard InChI is InChI=1S/C13H12N4O5/c14-16-15-5-7-3-11(18)17(6-7)10-4-8(12(19)20)1-2-9(10)13(21)22/h1-2,4,7H,3,5-6H2,(H,19,20)(H,21,22). The maximum atomic E-state index is 12.1. The van der Waals surface area contributed by atoms with E-state index in [1.54, 1.807) is 0 Å². The van der Waals surface area contributed by atoms with Crippen molar-refractivity contribution in [2.45, 2.75) is 6.42 Å². The second-order valence-corrected chi connectivity index (χ2v) is 4.83. The molecule has 0 radical (unpaired) electrons. The summed E-state index contributed by atoms with van der Waals surface area (Å²) in [5.41, 5.74) is 8.09. The van der Waals surface area contributed by atoms with E-state index in [-0.39, 0.29) is 48.1 Å². The van der Waals surface area contributed by atoms with Crippen LogP contribution in [0.3, 0.4) is 0 Å². The predicted molar refractivity (Wildman–Crippen MR) is 74.8 cm³/mol. The van der Waals surface area contributed by atoms with Gasteiger partial charge in [-0.05, 0) is 29.6 Å². The van der Waals surface area contributed by atoms with Gasteiger partial charge in [-0.1, -0.05) is 5.11 Å². The minimum Gasteiger partial charge on any atom is -0.478 e. The quantitative estimate of drug-likeness (QED) is 0.483. The Morgan fingerprint density at radius 3 is 2.68 bits per heavy atom. The lowest BCUT2D eigenvalue weighted by Crippen LogP contribution is -2.27. The molecule has 2 N–H and O–H groups in total. The average Bonchev–Trinajstić information content (AvgIpc) is 2.85. The van der Waals surface area contributed by atoms with Gasteiger partial charge in [-0.3, -0.25) is 4.79 Å². The highest BCUT2D eigenvalue weighted by atomic mass is 16.4. The lowest BCUT2D eigenvalue weighted by atomic mass is 10.1. The van der Waals surface area contributed by atoms with E-state index in [0.29, 0.717) is 0 Å². The van der Waals surface area contributed by atoms with Crippen LogP contribution in [0.15, 0.2) is 23.3 Å². The van der Waals surface area contributed by atoms with Gasteiger partial charge in [-0.15, -0.1) is 0 Å². The van der Waals surface area contributed by atoms with Gasteiger partial charge in [-0.2, -0.15) is 0 Å². The molecule has 0 spiro atoms. The summed E-state index contributed by atoms with van der Waals surface area (Å²) in [7, 11) is 0. The van der Waals surface area contributed by atoms with Crippen LogP contribution in [-0.2, 0) is 4.79 Å². The van der Waals surface area contributed by atoms with E-state index in [9.17, 15) is 19.5 Å². The van der Waals surface area contributed by atoms with Crippen molar-refractivity contribution in [2.24, 2.45) is 11.0 Å². The molecule has 1 aromatic rings. The molecule has 9 nitrogen and oxygen atoms in total. The maximum absolute atomic E-state index is 12.1. The Hall–Kier alpha value is -3.06. The Morgan fingerprint density at radius 1 is 1.36 bits per heavy atom.